The van der Waals surface area contributed by atoms with Crippen LogP contribution in [0.15, 0.2) is 23.0 Å². The molecule has 188 valence electrons. The number of aliphatic hydroxyl groups excluding tert-OH is 2. The highest BCUT2D eigenvalue weighted by atomic mass is 127. The van der Waals surface area contributed by atoms with E-state index < -0.39 is 68.8 Å². The summed E-state index contributed by atoms with van der Waals surface area (Å²) in [7, 11) is 1.81. The van der Waals surface area contributed by atoms with Crippen molar-refractivity contribution < 1.29 is 39.0 Å². The predicted octanol–water partition coefficient (Wildman–Crippen LogP) is 0.447. The summed E-state index contributed by atoms with van der Waals surface area (Å²) in [5.41, 5.74) is 2.50. The Morgan fingerprint density at radius 3 is 2.46 bits per heavy atom. The van der Waals surface area contributed by atoms with Crippen LogP contribution in [0.25, 0.3) is 5.76 Å². The molecular formula is C23H25IN2O8S. The van der Waals surface area contributed by atoms with Crippen LogP contribution in [-0.2, 0) is 37.4 Å². The van der Waals surface area contributed by atoms with Crippen molar-refractivity contribution in [1.82, 2.24) is 4.90 Å². The summed E-state index contributed by atoms with van der Waals surface area (Å²) in [5, 5.41) is 44.5. The molecule has 1 amide bonds. The number of Topliss-reactive ketones (excluding diaryl/α,β-unsaturated/α-hetero) is 2. The number of carbonyl (C=O) groups is 3. The molecular weight excluding hydrogens is 591 g/mol. The van der Waals surface area contributed by atoms with Gasteiger partial charge in [-0.3, -0.25) is 23.5 Å². The van der Waals surface area contributed by atoms with Crippen LogP contribution in [0.2, 0.25) is 0 Å². The molecule has 3 aliphatic rings. The average molecular weight is 616 g/mol. The summed E-state index contributed by atoms with van der Waals surface area (Å²) in [4.78, 5) is 40.3. The van der Waals surface area contributed by atoms with Gasteiger partial charge < -0.3 is 26.2 Å². The number of amides is 1. The van der Waals surface area contributed by atoms with Crippen LogP contribution < -0.4 is 5.73 Å². The molecule has 12 heteroatoms. The molecule has 0 aromatic heterocycles. The molecule has 0 spiro atoms. The number of likely N-dealkylation sites (N-methyl/N-ethyl adjacent to an activating group) is 1. The van der Waals surface area contributed by atoms with E-state index in [1.165, 1.54) is 11.2 Å². The van der Waals surface area contributed by atoms with Gasteiger partial charge in [-0.1, -0.05) is 0 Å². The number of rotatable bonds is 4. The topological polar surface area (TPSA) is 178 Å². The Morgan fingerprint density at radius 2 is 1.91 bits per heavy atom. The molecule has 0 bridgehead atoms. The molecule has 6 N–H and O–H groups in total. The fourth-order valence-electron chi connectivity index (χ4n) is 5.65. The molecule has 2 unspecified atom stereocenters. The Labute approximate surface area is 217 Å². The van der Waals surface area contributed by atoms with Crippen molar-refractivity contribution in [2.75, 3.05) is 20.4 Å². The number of phenolic OH excluding ortho intramolecular Hbond substituents is 1. The first-order valence-electron chi connectivity index (χ1n) is 10.7. The first kappa shape index (κ1) is 25.8. The van der Waals surface area contributed by atoms with E-state index in [1.54, 1.807) is 20.2 Å². The maximum Gasteiger partial charge on any atom is 0.255 e. The first-order valence-corrected chi connectivity index (χ1v) is 13.5. The maximum atomic E-state index is 13.8. The zero-order valence-corrected chi connectivity index (χ0v) is 22.1. The number of phenols is 1. The van der Waals surface area contributed by atoms with Crippen LogP contribution in [0, 0.1) is 15.4 Å². The van der Waals surface area contributed by atoms with E-state index in [9.17, 15) is 39.0 Å². The van der Waals surface area contributed by atoms with Gasteiger partial charge in [-0.25, -0.2) is 0 Å². The largest absolute Gasteiger partial charge is 0.508 e. The monoisotopic (exact) mass is 616 g/mol. The number of nitrogens with two attached hydrogens (primary N) is 1. The Morgan fingerprint density at radius 1 is 1.29 bits per heavy atom. The van der Waals surface area contributed by atoms with E-state index in [0.29, 0.717) is 14.7 Å². The third-order valence-corrected chi connectivity index (χ3v) is 8.78. The molecule has 10 nitrogen and oxygen atoms in total. The van der Waals surface area contributed by atoms with Crippen LogP contribution in [0.4, 0.5) is 0 Å². The standard InChI is InChI=1S/C23H25IN2O8S/c1-26(2)16-11-5-8-4-10-12(24)6-9(7-35(3)34)17(27)14(10)18(28)13(8)20(30)23(11,33)21(31)15(19(16)29)22(25)32/h6,8,11,16,27-28,31,33H,4-5,7H2,1-3H3,(H2,25,32)/t8-,11-,16?,23-,35?/m0/s1. The Hall–Kier alpha value is -2.29. The zero-order valence-electron chi connectivity index (χ0n) is 19.2. The van der Waals surface area contributed by atoms with Gasteiger partial charge in [0.05, 0.1) is 17.4 Å². The second-order valence-electron chi connectivity index (χ2n) is 9.40. The third-order valence-electron chi connectivity index (χ3n) is 7.10. The predicted molar refractivity (Wildman–Crippen MR) is 135 cm³/mol. The van der Waals surface area contributed by atoms with Gasteiger partial charge in [0.2, 0.25) is 5.78 Å². The van der Waals surface area contributed by atoms with Gasteiger partial charge in [-0.2, -0.15) is 0 Å². The van der Waals surface area contributed by atoms with E-state index in [4.69, 9.17) is 5.73 Å². The van der Waals surface area contributed by atoms with Gasteiger partial charge in [0.15, 0.2) is 11.4 Å². The normalized spacial score (nSPS) is 29.1. The minimum absolute atomic E-state index is 0.00800. The molecule has 1 aromatic carbocycles. The number of benzene rings is 1. The fraction of sp³-hybridized carbons (Fsp3) is 0.435. The molecule has 0 radical (unpaired) electrons. The van der Waals surface area contributed by atoms with E-state index >= 15 is 0 Å². The van der Waals surface area contributed by atoms with E-state index in [-0.39, 0.29) is 35.5 Å². The smallest absolute Gasteiger partial charge is 0.255 e. The number of halogens is 1. The molecule has 35 heavy (non-hydrogen) atoms. The molecule has 1 fully saturated rings. The van der Waals surface area contributed by atoms with Crippen molar-refractivity contribution in [3.8, 4) is 5.75 Å². The number of carbonyl (C=O) groups excluding carboxylic acids is 3. The van der Waals surface area contributed by atoms with E-state index in [0.717, 1.165) is 0 Å². The lowest BCUT2D eigenvalue weighted by atomic mass is 9.57. The number of hydrogen-bond acceptors (Lipinski definition) is 9. The summed E-state index contributed by atoms with van der Waals surface area (Å²) in [5.74, 6) is -6.84. The van der Waals surface area contributed by atoms with Crippen molar-refractivity contribution in [1.29, 1.82) is 0 Å². The van der Waals surface area contributed by atoms with Crippen LogP contribution in [0.3, 0.4) is 0 Å². The number of aromatic hydroxyl groups is 1. The molecule has 0 saturated heterocycles. The maximum absolute atomic E-state index is 13.8. The number of aliphatic hydroxyl groups is 3. The van der Waals surface area contributed by atoms with Gasteiger partial charge in [-0.05, 0) is 67.1 Å². The van der Waals surface area contributed by atoms with E-state index in [1.807, 2.05) is 22.6 Å². The quantitative estimate of drug-likeness (QED) is 0.237. The Kier molecular flexibility index (Phi) is 6.39. The van der Waals surface area contributed by atoms with Crippen LogP contribution in [0.1, 0.15) is 23.1 Å². The third kappa shape index (κ3) is 3.64. The Balaban J connectivity index is 1.97. The number of hydrogen-bond donors (Lipinski definition) is 5. The molecule has 4 rings (SSSR count). The molecule has 1 saturated carbocycles. The summed E-state index contributed by atoms with van der Waals surface area (Å²) >= 11 is 2.04. The molecule has 3 aliphatic carbocycles. The SMILES string of the molecule is CN(C)C1C(=O)C(C(N)=O)=C(O)[C@@]2(O)C(=O)C3=C(O)c4c(O)c(CS(C)=O)cc(I)c4C[C@H]3C[C@@H]12. The van der Waals surface area contributed by atoms with E-state index in [2.05, 4.69) is 0 Å². The van der Waals surface area contributed by atoms with Crippen LogP contribution in [0.5, 0.6) is 5.75 Å². The Bertz CT molecular complexity index is 1290. The highest BCUT2D eigenvalue weighted by molar-refractivity contribution is 14.1. The number of primary amides is 1. The highest BCUT2D eigenvalue weighted by Gasteiger charge is 2.64. The van der Waals surface area contributed by atoms with Gasteiger partial charge in [-0.15, -0.1) is 0 Å². The van der Waals surface area contributed by atoms with Crippen molar-refractivity contribution in [2.24, 2.45) is 17.6 Å². The summed E-state index contributed by atoms with van der Waals surface area (Å²) in [6, 6.07) is 0.553. The molecule has 5 atom stereocenters. The fourth-order valence-corrected chi connectivity index (χ4v) is 7.17. The number of nitrogens with zero attached hydrogens (tertiary/aromatic N) is 1. The van der Waals surface area contributed by atoms with Gasteiger partial charge in [0, 0.05) is 37.7 Å². The minimum Gasteiger partial charge on any atom is -0.508 e. The number of fused-ring (bicyclic) bond motifs is 3. The average Bonchev–Trinajstić information content (AvgIpc) is 2.73. The molecule has 0 aliphatic heterocycles. The second-order valence-corrected chi connectivity index (χ2v) is 12.0. The zero-order chi connectivity index (χ0) is 26.1. The lowest BCUT2D eigenvalue weighted by molar-refractivity contribution is -0.153. The highest BCUT2D eigenvalue weighted by Crippen LogP contribution is 2.53. The second kappa shape index (κ2) is 8.68. The van der Waals surface area contributed by atoms with Crippen molar-refractivity contribution >= 4 is 56.6 Å². The van der Waals surface area contributed by atoms with Gasteiger partial charge in [0.25, 0.3) is 5.91 Å². The minimum atomic E-state index is -2.67. The first-order chi connectivity index (χ1) is 16.2. The molecule has 1 aromatic rings. The van der Waals surface area contributed by atoms with Gasteiger partial charge >= 0.3 is 0 Å². The van der Waals surface area contributed by atoms with Crippen LogP contribution >= 0.6 is 22.6 Å². The van der Waals surface area contributed by atoms with Crippen LogP contribution in [-0.4, -0.2) is 79.0 Å². The number of ketones is 2. The van der Waals surface area contributed by atoms with Gasteiger partial charge in [0.1, 0.15) is 22.8 Å². The lowest BCUT2D eigenvalue weighted by Crippen LogP contribution is -2.65. The van der Waals surface area contributed by atoms with Crippen molar-refractivity contribution in [3.63, 3.8) is 0 Å². The lowest BCUT2D eigenvalue weighted by Gasteiger charge is -2.50. The molecule has 0 heterocycles. The summed E-state index contributed by atoms with van der Waals surface area (Å²) in [6.45, 7) is 0. The summed E-state index contributed by atoms with van der Waals surface area (Å²) in [6.07, 6.45) is 1.72. The van der Waals surface area contributed by atoms with Crippen molar-refractivity contribution in [2.45, 2.75) is 30.2 Å². The summed E-state index contributed by atoms with van der Waals surface area (Å²) < 4.78 is 12.5. The van der Waals surface area contributed by atoms with Crippen molar-refractivity contribution in [3.05, 3.63) is 43.2 Å².